The summed E-state index contributed by atoms with van der Waals surface area (Å²) in [6.07, 6.45) is 1.65. The summed E-state index contributed by atoms with van der Waals surface area (Å²) in [7, 11) is 0.117. The second kappa shape index (κ2) is 5.08. The van der Waals surface area contributed by atoms with Crippen molar-refractivity contribution in [3.8, 4) is 0 Å². The molecule has 19 heavy (non-hydrogen) atoms. The van der Waals surface area contributed by atoms with Gasteiger partial charge in [-0.15, -0.1) is 11.3 Å². The first kappa shape index (κ1) is 14.3. The summed E-state index contributed by atoms with van der Waals surface area (Å²) in [5.41, 5.74) is 5.70. The van der Waals surface area contributed by atoms with Crippen LogP contribution in [0.1, 0.15) is 6.92 Å². The van der Waals surface area contributed by atoms with Gasteiger partial charge in [-0.05, 0) is 21.0 Å². The quantitative estimate of drug-likeness (QED) is 0.823. The molecular weight excluding hydrogens is 286 g/mol. The molecule has 1 unspecified atom stereocenters. The molecule has 0 saturated heterocycles. The Morgan fingerprint density at radius 1 is 1.58 bits per heavy atom. The molecule has 3 N–H and O–H groups in total. The first-order valence-corrected chi connectivity index (χ1v) is 8.06. The number of likely N-dealkylation sites (N-methyl/N-ethyl adjacent to an activating group) is 1. The highest BCUT2D eigenvalue weighted by Gasteiger charge is 2.24. The molecule has 2 rings (SSSR count). The summed E-state index contributed by atoms with van der Waals surface area (Å²) < 4.78 is 28.6. The summed E-state index contributed by atoms with van der Waals surface area (Å²) in [6.45, 7) is 2.24. The average Bonchev–Trinajstić information content (AvgIpc) is 2.84. The normalized spacial score (nSPS) is 14.3. The molecule has 7 nitrogen and oxygen atoms in total. The highest BCUT2D eigenvalue weighted by atomic mass is 32.2. The van der Waals surface area contributed by atoms with E-state index in [1.54, 1.807) is 11.6 Å². The van der Waals surface area contributed by atoms with Crippen LogP contribution in [0.3, 0.4) is 0 Å². The number of sulfonamides is 1. The third-order valence-electron chi connectivity index (χ3n) is 2.95. The van der Waals surface area contributed by atoms with E-state index in [9.17, 15) is 8.42 Å². The number of hydrogen-bond acceptors (Lipinski definition) is 6. The van der Waals surface area contributed by atoms with Crippen LogP contribution in [-0.2, 0) is 10.0 Å². The number of imidazole rings is 1. The molecule has 0 spiro atoms. The number of nitrogens with one attached hydrogen (secondary N) is 1. The van der Waals surface area contributed by atoms with E-state index in [0.717, 1.165) is 0 Å². The van der Waals surface area contributed by atoms with Crippen molar-refractivity contribution in [1.82, 2.24) is 19.0 Å². The Labute approximate surface area is 116 Å². The summed E-state index contributed by atoms with van der Waals surface area (Å²) in [4.78, 5) is 6.53. The van der Waals surface area contributed by atoms with Crippen LogP contribution in [0.25, 0.3) is 4.96 Å². The standard InChI is InChI=1S/C10H17N5O2S2/c1-7(14(2)3)6-12-19(16,17)9-8(11)13-10-15(9)4-5-18-10/h4-5,7,12H,6,11H2,1-3H3. The summed E-state index contributed by atoms with van der Waals surface area (Å²) in [5.74, 6) is 0.0249. The van der Waals surface area contributed by atoms with Crippen LogP contribution >= 0.6 is 11.3 Å². The number of hydrogen-bond donors (Lipinski definition) is 2. The van der Waals surface area contributed by atoms with E-state index in [4.69, 9.17) is 5.73 Å². The van der Waals surface area contributed by atoms with Crippen LogP contribution in [-0.4, -0.2) is 49.4 Å². The minimum absolute atomic E-state index is 0.00899. The zero-order valence-electron chi connectivity index (χ0n) is 11.0. The minimum Gasteiger partial charge on any atom is -0.381 e. The molecule has 0 radical (unpaired) electrons. The summed E-state index contributed by atoms with van der Waals surface area (Å²) in [6, 6.07) is 0.0851. The Hall–Kier alpha value is -1.16. The van der Waals surface area contributed by atoms with Crippen LogP contribution in [0.2, 0.25) is 0 Å². The summed E-state index contributed by atoms with van der Waals surface area (Å²) >= 11 is 1.34. The van der Waals surface area contributed by atoms with Crippen molar-refractivity contribution in [2.24, 2.45) is 0 Å². The van der Waals surface area contributed by atoms with Crippen molar-refractivity contribution in [3.05, 3.63) is 11.6 Å². The fourth-order valence-corrected chi connectivity index (χ4v) is 3.63. The number of nitrogen functional groups attached to an aromatic ring is 1. The number of nitrogens with zero attached hydrogens (tertiary/aromatic N) is 3. The van der Waals surface area contributed by atoms with Crippen molar-refractivity contribution in [1.29, 1.82) is 0 Å². The van der Waals surface area contributed by atoms with Crippen molar-refractivity contribution in [3.63, 3.8) is 0 Å². The van der Waals surface area contributed by atoms with Crippen LogP contribution in [0.4, 0.5) is 5.82 Å². The fraction of sp³-hybridized carbons (Fsp3) is 0.500. The maximum Gasteiger partial charge on any atom is 0.260 e. The minimum atomic E-state index is -3.67. The lowest BCUT2D eigenvalue weighted by molar-refractivity contribution is 0.314. The van der Waals surface area contributed by atoms with Crippen molar-refractivity contribution >= 4 is 32.1 Å². The van der Waals surface area contributed by atoms with E-state index in [1.807, 2.05) is 25.9 Å². The van der Waals surface area contributed by atoms with Gasteiger partial charge < -0.3 is 10.6 Å². The van der Waals surface area contributed by atoms with Gasteiger partial charge in [-0.3, -0.25) is 4.40 Å². The predicted molar refractivity (Wildman–Crippen MR) is 75.8 cm³/mol. The van der Waals surface area contributed by atoms with Crippen LogP contribution < -0.4 is 10.5 Å². The van der Waals surface area contributed by atoms with Gasteiger partial charge in [-0.1, -0.05) is 0 Å². The van der Waals surface area contributed by atoms with E-state index < -0.39 is 10.0 Å². The van der Waals surface area contributed by atoms with Crippen LogP contribution in [0.15, 0.2) is 16.6 Å². The molecule has 0 aliphatic heterocycles. The first-order chi connectivity index (χ1) is 8.83. The Balaban J connectivity index is 2.29. The number of rotatable bonds is 5. The molecule has 9 heteroatoms. The van der Waals surface area contributed by atoms with Gasteiger partial charge in [-0.25, -0.2) is 18.1 Å². The molecule has 2 aromatic heterocycles. The fourth-order valence-electron chi connectivity index (χ4n) is 1.53. The topological polar surface area (TPSA) is 92.7 Å². The first-order valence-electron chi connectivity index (χ1n) is 5.70. The third-order valence-corrected chi connectivity index (χ3v) is 5.17. The third kappa shape index (κ3) is 2.73. The Bertz CT molecular complexity index is 673. The van der Waals surface area contributed by atoms with Gasteiger partial charge in [0.05, 0.1) is 0 Å². The second-order valence-corrected chi connectivity index (χ2v) is 7.08. The van der Waals surface area contributed by atoms with E-state index >= 15 is 0 Å². The molecule has 2 heterocycles. The number of aromatic nitrogens is 2. The molecule has 0 fully saturated rings. The molecule has 0 aliphatic rings. The van der Waals surface area contributed by atoms with E-state index in [1.165, 1.54) is 15.7 Å². The van der Waals surface area contributed by atoms with Gasteiger partial charge in [-0.2, -0.15) is 0 Å². The van der Waals surface area contributed by atoms with E-state index in [0.29, 0.717) is 11.5 Å². The Kier molecular flexibility index (Phi) is 3.81. The number of thiazole rings is 1. The predicted octanol–water partition coefficient (Wildman–Crippen LogP) is 0.206. The summed E-state index contributed by atoms with van der Waals surface area (Å²) in [5, 5.41) is 1.78. The van der Waals surface area contributed by atoms with Crippen LogP contribution in [0, 0.1) is 0 Å². The molecule has 1 atom stereocenters. The maximum atomic E-state index is 12.3. The number of fused-ring (bicyclic) bond motifs is 1. The zero-order valence-corrected chi connectivity index (χ0v) is 12.6. The number of nitrogens with two attached hydrogens (primary N) is 1. The van der Waals surface area contributed by atoms with Gasteiger partial charge >= 0.3 is 0 Å². The SMILES string of the molecule is CC(CNS(=O)(=O)c1c(N)nc2sccn12)N(C)C. The van der Waals surface area contributed by atoms with Crippen molar-refractivity contribution in [2.75, 3.05) is 26.4 Å². The lowest BCUT2D eigenvalue weighted by Gasteiger charge is -2.19. The smallest absolute Gasteiger partial charge is 0.260 e. The molecule has 0 bridgehead atoms. The van der Waals surface area contributed by atoms with Gasteiger partial charge in [0.1, 0.15) is 0 Å². The molecule has 0 saturated carbocycles. The van der Waals surface area contributed by atoms with Gasteiger partial charge in [0.25, 0.3) is 10.0 Å². The number of anilines is 1. The zero-order chi connectivity index (χ0) is 14.2. The van der Waals surface area contributed by atoms with E-state index in [-0.39, 0.29) is 16.9 Å². The van der Waals surface area contributed by atoms with Crippen molar-refractivity contribution < 1.29 is 8.42 Å². The highest BCUT2D eigenvalue weighted by molar-refractivity contribution is 7.89. The van der Waals surface area contributed by atoms with Crippen molar-refractivity contribution in [2.45, 2.75) is 18.0 Å². The average molecular weight is 303 g/mol. The Morgan fingerprint density at radius 2 is 2.26 bits per heavy atom. The molecule has 0 amide bonds. The second-order valence-electron chi connectivity index (χ2n) is 4.52. The van der Waals surface area contributed by atoms with E-state index in [2.05, 4.69) is 9.71 Å². The molecule has 0 aliphatic carbocycles. The molecule has 106 valence electrons. The molecule has 0 aromatic carbocycles. The lowest BCUT2D eigenvalue weighted by Crippen LogP contribution is -2.38. The lowest BCUT2D eigenvalue weighted by atomic mass is 10.3. The maximum absolute atomic E-state index is 12.3. The Morgan fingerprint density at radius 3 is 2.89 bits per heavy atom. The largest absolute Gasteiger partial charge is 0.381 e. The van der Waals surface area contributed by atoms with Gasteiger partial charge in [0, 0.05) is 24.2 Å². The van der Waals surface area contributed by atoms with Crippen LogP contribution in [0.5, 0.6) is 0 Å². The highest BCUT2D eigenvalue weighted by Crippen LogP contribution is 2.22. The molecular formula is C10H17N5O2S2. The molecule has 2 aromatic rings. The van der Waals surface area contributed by atoms with Gasteiger partial charge in [0.15, 0.2) is 15.8 Å². The monoisotopic (exact) mass is 303 g/mol. The van der Waals surface area contributed by atoms with Gasteiger partial charge in [0.2, 0.25) is 0 Å².